The number of nitrogens with one attached hydrogen (secondary N) is 2. The number of nitrogens with zero attached hydrogens (tertiary/aromatic N) is 3. The molecule has 0 bridgehead atoms. The van der Waals surface area contributed by atoms with E-state index >= 15 is 0 Å². The summed E-state index contributed by atoms with van der Waals surface area (Å²) in [7, 11) is 0. The van der Waals surface area contributed by atoms with Crippen LogP contribution in [-0.4, -0.2) is 28.7 Å². The van der Waals surface area contributed by atoms with Crippen molar-refractivity contribution in [2.45, 2.75) is 19.8 Å². The Morgan fingerprint density at radius 2 is 2.40 bits per heavy atom. The summed E-state index contributed by atoms with van der Waals surface area (Å²) in [5.74, 6) is -0.725. The largest absolute Gasteiger partial charge is 0.273 e. The molecule has 0 aliphatic carbocycles. The number of carbonyl (C=O) groups excluding carboxylic acids is 2. The zero-order valence-electron chi connectivity index (χ0n) is 11.0. The third kappa shape index (κ3) is 3.71. The molecule has 1 unspecified atom stereocenters. The number of hydrazone groups is 2. The van der Waals surface area contributed by atoms with Crippen molar-refractivity contribution in [3.8, 4) is 0 Å². The lowest BCUT2D eigenvalue weighted by molar-refractivity contribution is -0.123. The fraction of sp³-hybridized carbons (Fsp3) is 0.308. The Bertz CT molecular complexity index is 553. The Balaban J connectivity index is 1.75. The van der Waals surface area contributed by atoms with Crippen LogP contribution in [0, 0.1) is 5.92 Å². The van der Waals surface area contributed by atoms with Gasteiger partial charge in [0, 0.05) is 18.3 Å². The van der Waals surface area contributed by atoms with Crippen LogP contribution in [0.3, 0.4) is 0 Å². The van der Waals surface area contributed by atoms with E-state index in [0.29, 0.717) is 17.8 Å². The molecule has 2 N–H and O–H groups in total. The number of hydrogen-bond acceptors (Lipinski definition) is 5. The molecule has 0 spiro atoms. The van der Waals surface area contributed by atoms with E-state index in [1.54, 1.807) is 25.3 Å². The van der Waals surface area contributed by atoms with Gasteiger partial charge in [0.25, 0.3) is 0 Å². The molecule has 0 saturated heterocycles. The van der Waals surface area contributed by atoms with Gasteiger partial charge in [0.2, 0.25) is 11.8 Å². The van der Waals surface area contributed by atoms with Gasteiger partial charge in [0.1, 0.15) is 0 Å². The molecule has 7 nitrogen and oxygen atoms in total. The first-order chi connectivity index (χ1) is 9.66. The summed E-state index contributed by atoms with van der Waals surface area (Å²) in [4.78, 5) is 27.0. The van der Waals surface area contributed by atoms with Crippen molar-refractivity contribution in [1.82, 2.24) is 15.8 Å². The predicted molar refractivity (Wildman–Crippen MR) is 73.9 cm³/mol. The zero-order valence-corrected chi connectivity index (χ0v) is 11.0. The summed E-state index contributed by atoms with van der Waals surface area (Å²) < 4.78 is 0. The highest BCUT2D eigenvalue weighted by molar-refractivity contribution is 6.07. The smallest absolute Gasteiger partial charge is 0.248 e. The van der Waals surface area contributed by atoms with E-state index in [9.17, 15) is 9.59 Å². The van der Waals surface area contributed by atoms with E-state index < -0.39 is 0 Å². The van der Waals surface area contributed by atoms with Crippen LogP contribution in [-0.2, 0) is 9.59 Å². The molecular weight excluding hydrogens is 258 g/mol. The summed E-state index contributed by atoms with van der Waals surface area (Å²) in [6.07, 6.45) is 3.74. The summed E-state index contributed by atoms with van der Waals surface area (Å²) in [6.45, 7) is 1.76. The molecule has 1 aliphatic rings. The molecule has 1 aliphatic heterocycles. The summed E-state index contributed by atoms with van der Waals surface area (Å²) in [5, 5.41) is 7.63. The van der Waals surface area contributed by atoms with Gasteiger partial charge in [-0.25, -0.2) is 10.9 Å². The van der Waals surface area contributed by atoms with Crippen LogP contribution in [0.5, 0.6) is 0 Å². The van der Waals surface area contributed by atoms with E-state index in [-0.39, 0.29) is 24.2 Å². The van der Waals surface area contributed by atoms with Crippen LogP contribution in [0.25, 0.3) is 0 Å². The molecule has 2 heterocycles. The third-order valence-corrected chi connectivity index (χ3v) is 2.90. The Morgan fingerprint density at radius 3 is 3.05 bits per heavy atom. The molecule has 0 aromatic carbocycles. The Hall–Kier alpha value is -2.57. The first-order valence-corrected chi connectivity index (χ1v) is 6.24. The second-order valence-electron chi connectivity index (χ2n) is 4.37. The van der Waals surface area contributed by atoms with Crippen molar-refractivity contribution in [3.05, 3.63) is 30.1 Å². The van der Waals surface area contributed by atoms with Gasteiger partial charge in [-0.1, -0.05) is 6.07 Å². The van der Waals surface area contributed by atoms with E-state index in [2.05, 4.69) is 26.0 Å². The maximum absolute atomic E-state index is 11.6. The van der Waals surface area contributed by atoms with Gasteiger partial charge in [-0.15, -0.1) is 0 Å². The monoisotopic (exact) mass is 273 g/mol. The fourth-order valence-electron chi connectivity index (χ4n) is 1.78. The average molecular weight is 273 g/mol. The SMILES string of the molecule is CC1=NNC(=O)C1CCC(=O)N/N=C/c1ccccn1. The first-order valence-electron chi connectivity index (χ1n) is 6.24. The Morgan fingerprint density at radius 1 is 1.55 bits per heavy atom. The standard InChI is InChI=1S/C13H15N5O2/c1-9-11(13(20)18-16-9)5-6-12(19)17-15-8-10-4-2-3-7-14-10/h2-4,7-8,11H,5-6H2,1H3,(H,17,19)(H,18,20)/b15-8+. The van der Waals surface area contributed by atoms with Crippen molar-refractivity contribution in [1.29, 1.82) is 0 Å². The molecule has 0 saturated carbocycles. The van der Waals surface area contributed by atoms with Gasteiger partial charge >= 0.3 is 0 Å². The average Bonchev–Trinajstić information content (AvgIpc) is 2.77. The minimum Gasteiger partial charge on any atom is -0.273 e. The third-order valence-electron chi connectivity index (χ3n) is 2.90. The molecular formula is C13H15N5O2. The topological polar surface area (TPSA) is 95.8 Å². The van der Waals surface area contributed by atoms with Crippen LogP contribution in [0.2, 0.25) is 0 Å². The van der Waals surface area contributed by atoms with Crippen molar-refractivity contribution in [2.24, 2.45) is 16.1 Å². The van der Waals surface area contributed by atoms with Crippen molar-refractivity contribution in [3.63, 3.8) is 0 Å². The highest BCUT2D eigenvalue weighted by Gasteiger charge is 2.26. The lowest BCUT2D eigenvalue weighted by atomic mass is 9.99. The molecule has 2 amide bonds. The lowest BCUT2D eigenvalue weighted by Gasteiger charge is -2.06. The number of amides is 2. The number of carbonyl (C=O) groups is 2. The van der Waals surface area contributed by atoms with Gasteiger partial charge in [-0.3, -0.25) is 14.6 Å². The predicted octanol–water partition coefficient (Wildman–Crippen LogP) is 0.434. The highest BCUT2D eigenvalue weighted by atomic mass is 16.2. The van der Waals surface area contributed by atoms with Crippen LogP contribution < -0.4 is 10.9 Å². The number of pyridine rings is 1. The molecule has 2 rings (SSSR count). The van der Waals surface area contributed by atoms with Crippen molar-refractivity contribution < 1.29 is 9.59 Å². The maximum atomic E-state index is 11.6. The first kappa shape index (κ1) is 13.9. The maximum Gasteiger partial charge on any atom is 0.248 e. The van der Waals surface area contributed by atoms with Gasteiger partial charge in [-0.05, 0) is 25.5 Å². The second kappa shape index (κ2) is 6.55. The number of hydrogen-bond donors (Lipinski definition) is 2. The normalized spacial score (nSPS) is 17.9. The zero-order chi connectivity index (χ0) is 14.4. The summed E-state index contributed by atoms with van der Waals surface area (Å²) in [6, 6.07) is 5.40. The summed E-state index contributed by atoms with van der Waals surface area (Å²) in [5.41, 5.74) is 6.16. The molecule has 104 valence electrons. The highest BCUT2D eigenvalue weighted by Crippen LogP contribution is 2.13. The minimum atomic E-state index is -0.319. The molecule has 1 aromatic rings. The molecule has 1 atom stereocenters. The van der Waals surface area contributed by atoms with Crippen LogP contribution in [0.4, 0.5) is 0 Å². The van der Waals surface area contributed by atoms with E-state index in [1.807, 2.05) is 6.07 Å². The van der Waals surface area contributed by atoms with Gasteiger partial charge in [0.15, 0.2) is 0 Å². The second-order valence-corrected chi connectivity index (χ2v) is 4.37. The van der Waals surface area contributed by atoms with Crippen molar-refractivity contribution >= 4 is 23.7 Å². The minimum absolute atomic E-state index is 0.160. The van der Waals surface area contributed by atoms with Crippen LogP contribution in [0.1, 0.15) is 25.5 Å². The van der Waals surface area contributed by atoms with Crippen LogP contribution >= 0.6 is 0 Å². The van der Waals surface area contributed by atoms with E-state index in [0.717, 1.165) is 0 Å². The molecule has 0 radical (unpaired) electrons. The quantitative estimate of drug-likeness (QED) is 0.601. The Kier molecular flexibility index (Phi) is 4.54. The summed E-state index contributed by atoms with van der Waals surface area (Å²) >= 11 is 0. The van der Waals surface area contributed by atoms with Gasteiger partial charge in [0.05, 0.1) is 17.8 Å². The van der Waals surface area contributed by atoms with Gasteiger partial charge < -0.3 is 0 Å². The Labute approximate surface area is 116 Å². The number of rotatable bonds is 5. The van der Waals surface area contributed by atoms with Gasteiger partial charge in [-0.2, -0.15) is 10.2 Å². The lowest BCUT2D eigenvalue weighted by Crippen LogP contribution is -2.25. The van der Waals surface area contributed by atoms with E-state index in [1.165, 1.54) is 6.21 Å². The van der Waals surface area contributed by atoms with E-state index in [4.69, 9.17) is 0 Å². The number of aromatic nitrogens is 1. The van der Waals surface area contributed by atoms with Crippen LogP contribution in [0.15, 0.2) is 34.6 Å². The molecule has 7 heteroatoms. The molecule has 20 heavy (non-hydrogen) atoms. The molecule has 0 fully saturated rings. The molecule has 1 aromatic heterocycles. The van der Waals surface area contributed by atoms with Crippen molar-refractivity contribution in [2.75, 3.05) is 0 Å². The fourth-order valence-corrected chi connectivity index (χ4v) is 1.78.